The largest absolute Gasteiger partial charge is 0.507 e. The predicted octanol–water partition coefficient (Wildman–Crippen LogP) is 2.33. The summed E-state index contributed by atoms with van der Waals surface area (Å²) < 4.78 is 32.1. The molecule has 2 N–H and O–H groups in total. The maximum Gasteiger partial charge on any atom is 0.244 e. The number of aromatic hydroxyl groups is 1. The number of nitrogens with one attached hydrogen (secondary N) is 1. The molecule has 0 aliphatic carbocycles. The van der Waals surface area contributed by atoms with Crippen LogP contribution in [0.15, 0.2) is 45.7 Å². The molecule has 0 saturated heterocycles. The van der Waals surface area contributed by atoms with Crippen LogP contribution >= 0.6 is 0 Å². The van der Waals surface area contributed by atoms with E-state index in [2.05, 4.69) is 4.72 Å². The van der Waals surface area contributed by atoms with Crippen molar-refractivity contribution in [3.63, 3.8) is 0 Å². The van der Waals surface area contributed by atoms with Gasteiger partial charge in [0.1, 0.15) is 22.2 Å². The lowest BCUT2D eigenvalue weighted by Gasteiger charge is -2.12. The average molecular weight is 281 g/mol. The zero-order valence-electron chi connectivity index (χ0n) is 10.6. The summed E-state index contributed by atoms with van der Waals surface area (Å²) in [4.78, 5) is -0.148. The maximum absolute atomic E-state index is 12.1. The number of hydrogen-bond donors (Lipinski definition) is 2. The Morgan fingerprint density at radius 2 is 1.89 bits per heavy atom. The van der Waals surface area contributed by atoms with Crippen LogP contribution in [0.5, 0.6) is 5.75 Å². The molecule has 0 aliphatic rings. The van der Waals surface area contributed by atoms with Gasteiger partial charge in [-0.25, -0.2) is 13.1 Å². The SMILES string of the molecule is Cc1ccc(C(C)NS(=O)(=O)c2ccccc2O)o1. The van der Waals surface area contributed by atoms with Crippen molar-refractivity contribution in [3.8, 4) is 5.75 Å². The molecule has 0 radical (unpaired) electrons. The highest BCUT2D eigenvalue weighted by molar-refractivity contribution is 7.89. The maximum atomic E-state index is 12.1. The van der Waals surface area contributed by atoms with Gasteiger partial charge < -0.3 is 9.52 Å². The van der Waals surface area contributed by atoms with Crippen LogP contribution in [0, 0.1) is 6.92 Å². The van der Waals surface area contributed by atoms with Gasteiger partial charge >= 0.3 is 0 Å². The standard InChI is InChI=1S/C13H15NO4S/c1-9-7-8-12(18-9)10(2)14-19(16,17)13-6-4-3-5-11(13)15/h3-8,10,14-15H,1-2H3. The first-order chi connectivity index (χ1) is 8.90. The quantitative estimate of drug-likeness (QED) is 0.901. The molecule has 1 aromatic heterocycles. The Kier molecular flexibility index (Phi) is 3.64. The summed E-state index contributed by atoms with van der Waals surface area (Å²) in [5, 5.41) is 9.59. The van der Waals surface area contributed by atoms with E-state index in [1.807, 2.05) is 0 Å². The van der Waals surface area contributed by atoms with Crippen LogP contribution in [-0.2, 0) is 10.0 Å². The van der Waals surface area contributed by atoms with Crippen LogP contribution in [0.25, 0.3) is 0 Å². The number of furan rings is 1. The second-order valence-corrected chi connectivity index (χ2v) is 5.94. The van der Waals surface area contributed by atoms with E-state index in [0.717, 1.165) is 0 Å². The summed E-state index contributed by atoms with van der Waals surface area (Å²) in [5.74, 6) is 0.956. The zero-order valence-corrected chi connectivity index (χ0v) is 11.4. The second kappa shape index (κ2) is 5.07. The van der Waals surface area contributed by atoms with Gasteiger partial charge in [-0.1, -0.05) is 12.1 Å². The van der Waals surface area contributed by atoms with E-state index in [1.165, 1.54) is 12.1 Å². The number of aryl methyl sites for hydroxylation is 1. The highest BCUT2D eigenvalue weighted by atomic mass is 32.2. The van der Waals surface area contributed by atoms with Crippen molar-refractivity contribution in [3.05, 3.63) is 47.9 Å². The van der Waals surface area contributed by atoms with E-state index in [-0.39, 0.29) is 10.6 Å². The summed E-state index contributed by atoms with van der Waals surface area (Å²) in [7, 11) is -3.79. The Balaban J connectivity index is 2.25. The molecule has 1 atom stereocenters. The third-order valence-electron chi connectivity index (χ3n) is 2.67. The molecular formula is C13H15NO4S. The topological polar surface area (TPSA) is 79.5 Å². The molecule has 0 amide bonds. The van der Waals surface area contributed by atoms with Crippen LogP contribution in [0.3, 0.4) is 0 Å². The summed E-state index contributed by atoms with van der Waals surface area (Å²) in [6, 6.07) is 8.75. The van der Waals surface area contributed by atoms with E-state index in [4.69, 9.17) is 4.42 Å². The average Bonchev–Trinajstić information content (AvgIpc) is 2.76. The number of phenols is 1. The number of rotatable bonds is 4. The molecule has 0 fully saturated rings. The van der Waals surface area contributed by atoms with Crippen LogP contribution < -0.4 is 4.72 Å². The van der Waals surface area contributed by atoms with Gasteiger partial charge in [-0.3, -0.25) is 0 Å². The second-order valence-electron chi connectivity index (χ2n) is 4.26. The van der Waals surface area contributed by atoms with Gasteiger partial charge in [0.2, 0.25) is 10.0 Å². The van der Waals surface area contributed by atoms with E-state index in [1.54, 1.807) is 38.1 Å². The molecular weight excluding hydrogens is 266 g/mol. The summed E-state index contributed by atoms with van der Waals surface area (Å²) in [6.07, 6.45) is 0. The first-order valence-corrected chi connectivity index (χ1v) is 7.25. The minimum absolute atomic E-state index is 0.148. The van der Waals surface area contributed by atoms with Crippen molar-refractivity contribution in [1.29, 1.82) is 0 Å². The van der Waals surface area contributed by atoms with Crippen LogP contribution in [0.4, 0.5) is 0 Å². The van der Waals surface area contributed by atoms with Gasteiger partial charge in [0.15, 0.2) is 0 Å². The molecule has 0 aliphatic heterocycles. The van der Waals surface area contributed by atoms with Crippen molar-refractivity contribution in [2.45, 2.75) is 24.8 Å². The molecule has 5 nitrogen and oxygen atoms in total. The molecule has 6 heteroatoms. The Hall–Kier alpha value is -1.79. The van der Waals surface area contributed by atoms with Gasteiger partial charge in [0, 0.05) is 0 Å². The van der Waals surface area contributed by atoms with Gasteiger partial charge in [-0.15, -0.1) is 0 Å². The fraction of sp³-hybridized carbons (Fsp3) is 0.231. The number of sulfonamides is 1. The fourth-order valence-electron chi connectivity index (χ4n) is 1.72. The fourth-order valence-corrected chi connectivity index (χ4v) is 3.03. The van der Waals surface area contributed by atoms with E-state index in [9.17, 15) is 13.5 Å². The number of para-hydroxylation sites is 1. The first-order valence-electron chi connectivity index (χ1n) is 5.77. The van der Waals surface area contributed by atoms with Crippen LogP contribution in [0.2, 0.25) is 0 Å². The molecule has 1 heterocycles. The first kappa shape index (κ1) is 13.6. The lowest BCUT2D eigenvalue weighted by atomic mass is 10.3. The van der Waals surface area contributed by atoms with Crippen molar-refractivity contribution in [2.75, 3.05) is 0 Å². The highest BCUT2D eigenvalue weighted by Gasteiger charge is 2.22. The van der Waals surface area contributed by atoms with Gasteiger partial charge in [0.05, 0.1) is 6.04 Å². The van der Waals surface area contributed by atoms with Crippen molar-refractivity contribution < 1.29 is 17.9 Å². The highest BCUT2D eigenvalue weighted by Crippen LogP contribution is 2.24. The minimum atomic E-state index is -3.79. The number of phenolic OH excluding ortho intramolecular Hbond substituents is 1. The third-order valence-corrected chi connectivity index (χ3v) is 4.26. The summed E-state index contributed by atoms with van der Waals surface area (Å²) in [6.45, 7) is 3.46. The lowest BCUT2D eigenvalue weighted by molar-refractivity contribution is 0.437. The smallest absolute Gasteiger partial charge is 0.244 e. The van der Waals surface area contributed by atoms with Crippen molar-refractivity contribution in [2.24, 2.45) is 0 Å². The van der Waals surface area contributed by atoms with Crippen molar-refractivity contribution in [1.82, 2.24) is 4.72 Å². The third kappa shape index (κ3) is 2.97. The molecule has 0 saturated carbocycles. The van der Waals surface area contributed by atoms with Gasteiger partial charge in [-0.05, 0) is 38.1 Å². The molecule has 0 bridgehead atoms. The summed E-state index contributed by atoms with van der Waals surface area (Å²) >= 11 is 0. The van der Waals surface area contributed by atoms with E-state index < -0.39 is 16.1 Å². The monoisotopic (exact) mass is 281 g/mol. The lowest BCUT2D eigenvalue weighted by Crippen LogP contribution is -2.26. The molecule has 2 aromatic rings. The van der Waals surface area contributed by atoms with Gasteiger partial charge in [-0.2, -0.15) is 0 Å². The zero-order chi connectivity index (χ0) is 14.0. The van der Waals surface area contributed by atoms with E-state index in [0.29, 0.717) is 11.5 Å². The Bertz CT molecular complexity index is 675. The van der Waals surface area contributed by atoms with Crippen LogP contribution in [0.1, 0.15) is 24.5 Å². The molecule has 1 aromatic carbocycles. The number of benzene rings is 1. The Labute approximate surface area is 111 Å². The Morgan fingerprint density at radius 1 is 1.21 bits per heavy atom. The van der Waals surface area contributed by atoms with E-state index >= 15 is 0 Å². The van der Waals surface area contributed by atoms with Gasteiger partial charge in [0.25, 0.3) is 0 Å². The number of hydrogen-bond acceptors (Lipinski definition) is 4. The molecule has 102 valence electrons. The molecule has 19 heavy (non-hydrogen) atoms. The normalized spacial score (nSPS) is 13.4. The molecule has 0 spiro atoms. The Morgan fingerprint density at radius 3 is 2.47 bits per heavy atom. The predicted molar refractivity (Wildman–Crippen MR) is 70.3 cm³/mol. The molecule has 1 unspecified atom stereocenters. The van der Waals surface area contributed by atoms with Crippen LogP contribution in [-0.4, -0.2) is 13.5 Å². The molecule has 2 rings (SSSR count). The summed E-state index contributed by atoms with van der Waals surface area (Å²) in [5.41, 5.74) is 0. The minimum Gasteiger partial charge on any atom is -0.507 e. The van der Waals surface area contributed by atoms with Crippen molar-refractivity contribution >= 4 is 10.0 Å².